The molecule has 0 saturated heterocycles. The van der Waals surface area contributed by atoms with Crippen LogP contribution in [0.2, 0.25) is 0 Å². The van der Waals surface area contributed by atoms with Crippen molar-refractivity contribution < 1.29 is 4.74 Å². The smallest absolute Gasteiger partial charge is 0.154 e. The molecule has 0 atom stereocenters. The minimum atomic E-state index is 0.260. The molecule has 0 fully saturated rings. The Morgan fingerprint density at radius 3 is 3.00 bits per heavy atom. The molecule has 0 aliphatic rings. The van der Waals surface area contributed by atoms with E-state index >= 15 is 0 Å². The number of hydrogen-bond acceptors (Lipinski definition) is 4. The molecule has 0 radical (unpaired) electrons. The van der Waals surface area contributed by atoms with E-state index in [9.17, 15) is 0 Å². The summed E-state index contributed by atoms with van der Waals surface area (Å²) in [6.45, 7) is 5.46. The molecular formula is C12H18N4O. The van der Waals surface area contributed by atoms with E-state index in [2.05, 4.69) is 15.3 Å². The number of fused-ring (bicyclic) bond motifs is 1. The molecular weight excluding hydrogens is 216 g/mol. The Kier molecular flexibility index (Phi) is 3.58. The summed E-state index contributed by atoms with van der Waals surface area (Å²) >= 11 is 0. The molecule has 0 aliphatic carbocycles. The van der Waals surface area contributed by atoms with Crippen LogP contribution in [-0.2, 0) is 11.8 Å². The van der Waals surface area contributed by atoms with Crippen LogP contribution in [0.4, 0.5) is 5.82 Å². The molecule has 1 N–H and O–H groups in total. The second-order valence-corrected chi connectivity index (χ2v) is 4.23. The van der Waals surface area contributed by atoms with Gasteiger partial charge in [-0.1, -0.05) is 0 Å². The summed E-state index contributed by atoms with van der Waals surface area (Å²) in [5.74, 6) is 0.815. The van der Waals surface area contributed by atoms with Gasteiger partial charge in [0, 0.05) is 19.8 Å². The molecule has 92 valence electrons. The van der Waals surface area contributed by atoms with Crippen molar-refractivity contribution in [3.05, 3.63) is 18.6 Å². The molecule has 0 bridgehead atoms. The largest absolute Gasteiger partial charge is 0.377 e. The standard InChI is InChI=1S/C12H18N4O/c1-9(2)17-7-6-14-12-11-10(4-5-13-12)16(3)8-15-11/h4-5,8-9H,6-7H2,1-3H3,(H,13,14). The van der Waals surface area contributed by atoms with Crippen LogP contribution in [0.3, 0.4) is 0 Å². The Balaban J connectivity index is 2.03. The van der Waals surface area contributed by atoms with Gasteiger partial charge < -0.3 is 14.6 Å². The highest BCUT2D eigenvalue weighted by Crippen LogP contribution is 2.17. The number of anilines is 1. The van der Waals surface area contributed by atoms with E-state index in [-0.39, 0.29) is 6.10 Å². The van der Waals surface area contributed by atoms with Crippen molar-refractivity contribution in [1.82, 2.24) is 14.5 Å². The van der Waals surface area contributed by atoms with Crippen molar-refractivity contribution in [3.8, 4) is 0 Å². The Bertz CT molecular complexity index is 492. The van der Waals surface area contributed by atoms with Crippen molar-refractivity contribution in [2.75, 3.05) is 18.5 Å². The summed E-state index contributed by atoms with van der Waals surface area (Å²) in [7, 11) is 1.97. The fraction of sp³-hybridized carbons (Fsp3) is 0.500. The molecule has 0 aliphatic heterocycles. The van der Waals surface area contributed by atoms with Crippen LogP contribution in [-0.4, -0.2) is 33.8 Å². The maximum atomic E-state index is 5.46. The Hall–Kier alpha value is -1.62. The van der Waals surface area contributed by atoms with Gasteiger partial charge in [0.15, 0.2) is 5.82 Å². The average molecular weight is 234 g/mol. The third-order valence-electron chi connectivity index (χ3n) is 2.49. The van der Waals surface area contributed by atoms with Crippen LogP contribution in [0.5, 0.6) is 0 Å². The fourth-order valence-electron chi connectivity index (χ4n) is 1.66. The quantitative estimate of drug-likeness (QED) is 0.802. The number of nitrogens with zero attached hydrogens (tertiary/aromatic N) is 3. The van der Waals surface area contributed by atoms with Gasteiger partial charge >= 0.3 is 0 Å². The molecule has 0 amide bonds. The van der Waals surface area contributed by atoms with Gasteiger partial charge in [-0.15, -0.1) is 0 Å². The molecule has 2 aromatic heterocycles. The van der Waals surface area contributed by atoms with Crippen molar-refractivity contribution in [2.24, 2.45) is 7.05 Å². The molecule has 0 aromatic carbocycles. The summed E-state index contributed by atoms with van der Waals surface area (Å²) in [6.07, 6.45) is 3.84. The number of aromatic nitrogens is 3. The Morgan fingerprint density at radius 2 is 2.24 bits per heavy atom. The van der Waals surface area contributed by atoms with Crippen molar-refractivity contribution in [2.45, 2.75) is 20.0 Å². The normalized spacial score (nSPS) is 11.3. The van der Waals surface area contributed by atoms with Gasteiger partial charge in [0.25, 0.3) is 0 Å². The molecule has 2 heterocycles. The van der Waals surface area contributed by atoms with E-state index in [1.807, 2.05) is 31.5 Å². The zero-order valence-electron chi connectivity index (χ0n) is 10.5. The van der Waals surface area contributed by atoms with Gasteiger partial charge in [-0.25, -0.2) is 9.97 Å². The summed E-state index contributed by atoms with van der Waals surface area (Å²) in [5.41, 5.74) is 1.98. The highest BCUT2D eigenvalue weighted by molar-refractivity contribution is 5.85. The van der Waals surface area contributed by atoms with E-state index in [0.29, 0.717) is 6.61 Å². The van der Waals surface area contributed by atoms with Gasteiger partial charge in [-0.05, 0) is 19.9 Å². The molecule has 17 heavy (non-hydrogen) atoms. The van der Waals surface area contributed by atoms with Crippen molar-refractivity contribution in [1.29, 1.82) is 0 Å². The minimum absolute atomic E-state index is 0.260. The monoisotopic (exact) mass is 234 g/mol. The molecule has 0 saturated carbocycles. The zero-order chi connectivity index (χ0) is 12.3. The number of aryl methyl sites for hydroxylation is 1. The topological polar surface area (TPSA) is 52.0 Å². The number of pyridine rings is 1. The van der Waals surface area contributed by atoms with E-state index in [1.54, 1.807) is 12.5 Å². The second kappa shape index (κ2) is 5.14. The zero-order valence-corrected chi connectivity index (χ0v) is 10.5. The first-order valence-corrected chi connectivity index (χ1v) is 5.80. The van der Waals surface area contributed by atoms with E-state index in [4.69, 9.17) is 4.74 Å². The van der Waals surface area contributed by atoms with Crippen LogP contribution in [0.1, 0.15) is 13.8 Å². The maximum Gasteiger partial charge on any atom is 0.154 e. The first kappa shape index (κ1) is 11.9. The number of hydrogen-bond donors (Lipinski definition) is 1. The lowest BCUT2D eigenvalue weighted by atomic mass is 10.4. The predicted octanol–water partition coefficient (Wildman–Crippen LogP) is 1.81. The predicted molar refractivity (Wildman–Crippen MR) is 68.1 cm³/mol. The first-order chi connectivity index (χ1) is 8.18. The lowest BCUT2D eigenvalue weighted by molar-refractivity contribution is 0.0870. The molecule has 5 heteroatoms. The number of nitrogens with one attached hydrogen (secondary N) is 1. The first-order valence-electron chi connectivity index (χ1n) is 5.80. The summed E-state index contributed by atoms with van der Waals surface area (Å²) in [4.78, 5) is 8.62. The van der Waals surface area contributed by atoms with Gasteiger partial charge in [-0.2, -0.15) is 0 Å². The second-order valence-electron chi connectivity index (χ2n) is 4.23. The van der Waals surface area contributed by atoms with Crippen LogP contribution >= 0.6 is 0 Å². The molecule has 0 spiro atoms. The van der Waals surface area contributed by atoms with Gasteiger partial charge in [-0.3, -0.25) is 0 Å². The summed E-state index contributed by atoms with van der Waals surface area (Å²) in [6, 6.07) is 1.96. The third kappa shape index (κ3) is 2.74. The Labute approximate surface area is 101 Å². The number of imidazole rings is 1. The van der Waals surface area contributed by atoms with Crippen LogP contribution in [0.15, 0.2) is 18.6 Å². The van der Waals surface area contributed by atoms with Crippen LogP contribution in [0.25, 0.3) is 11.0 Å². The number of ether oxygens (including phenoxy) is 1. The molecule has 2 aromatic rings. The summed E-state index contributed by atoms with van der Waals surface area (Å²) in [5, 5.41) is 3.24. The van der Waals surface area contributed by atoms with Crippen molar-refractivity contribution >= 4 is 16.9 Å². The van der Waals surface area contributed by atoms with Gasteiger partial charge in [0.2, 0.25) is 0 Å². The van der Waals surface area contributed by atoms with Crippen LogP contribution < -0.4 is 5.32 Å². The highest BCUT2D eigenvalue weighted by atomic mass is 16.5. The van der Waals surface area contributed by atoms with E-state index < -0.39 is 0 Å². The van der Waals surface area contributed by atoms with Gasteiger partial charge in [0.05, 0.1) is 24.6 Å². The fourth-order valence-corrected chi connectivity index (χ4v) is 1.66. The van der Waals surface area contributed by atoms with Crippen molar-refractivity contribution in [3.63, 3.8) is 0 Å². The van der Waals surface area contributed by atoms with Gasteiger partial charge in [0.1, 0.15) is 5.52 Å². The highest BCUT2D eigenvalue weighted by Gasteiger charge is 2.05. The van der Waals surface area contributed by atoms with E-state index in [1.165, 1.54) is 0 Å². The number of rotatable bonds is 5. The van der Waals surface area contributed by atoms with Crippen LogP contribution in [0, 0.1) is 0 Å². The Morgan fingerprint density at radius 1 is 1.41 bits per heavy atom. The molecule has 5 nitrogen and oxygen atoms in total. The lowest BCUT2D eigenvalue weighted by Gasteiger charge is -2.09. The lowest BCUT2D eigenvalue weighted by Crippen LogP contribution is -2.14. The summed E-state index contributed by atoms with van der Waals surface area (Å²) < 4.78 is 7.44. The average Bonchev–Trinajstić information content (AvgIpc) is 2.67. The SMILES string of the molecule is CC(C)OCCNc1nccc2c1ncn2C. The maximum absolute atomic E-state index is 5.46. The van der Waals surface area contributed by atoms with E-state index in [0.717, 1.165) is 23.4 Å². The molecule has 0 unspecified atom stereocenters. The minimum Gasteiger partial charge on any atom is -0.377 e. The third-order valence-corrected chi connectivity index (χ3v) is 2.49. The molecule has 2 rings (SSSR count).